The van der Waals surface area contributed by atoms with E-state index in [0.717, 1.165) is 0 Å². The topological polar surface area (TPSA) is 47.3 Å². The zero-order chi connectivity index (χ0) is 14.1. The number of carbonyl (C=O) groups is 1. The number of rotatable bonds is 2. The monoisotopic (exact) mass is 284 g/mol. The number of halogens is 1. The number of fused-ring (bicyclic) bond motifs is 1. The first-order valence-corrected chi connectivity index (χ1v) is 6.36. The third kappa shape index (κ3) is 2.24. The third-order valence-corrected chi connectivity index (χ3v) is 3.22. The minimum absolute atomic E-state index is 0.253. The summed E-state index contributed by atoms with van der Waals surface area (Å²) in [5, 5.41) is 1.08. The van der Waals surface area contributed by atoms with Crippen molar-refractivity contribution >= 4 is 28.4 Å². The highest BCUT2D eigenvalue weighted by molar-refractivity contribution is 6.31. The molecule has 0 bridgehead atoms. The van der Waals surface area contributed by atoms with Crippen LogP contribution in [0.25, 0.3) is 11.0 Å². The average Bonchev–Trinajstić information content (AvgIpc) is 2.45. The van der Waals surface area contributed by atoms with Gasteiger partial charge in [0.2, 0.25) is 0 Å². The lowest BCUT2D eigenvalue weighted by molar-refractivity contribution is 0.103. The van der Waals surface area contributed by atoms with Crippen LogP contribution in [0.2, 0.25) is 5.02 Å². The summed E-state index contributed by atoms with van der Waals surface area (Å²) < 4.78 is 5.08. The average molecular weight is 285 g/mol. The van der Waals surface area contributed by atoms with Gasteiger partial charge >= 0.3 is 5.63 Å². The summed E-state index contributed by atoms with van der Waals surface area (Å²) in [5.41, 5.74) is 0.604. The van der Waals surface area contributed by atoms with Crippen LogP contribution in [0.1, 0.15) is 15.9 Å². The molecule has 0 atom stereocenters. The first kappa shape index (κ1) is 12.6. The Morgan fingerprint density at radius 3 is 2.60 bits per heavy atom. The van der Waals surface area contributed by atoms with Crippen LogP contribution < -0.4 is 5.63 Å². The van der Waals surface area contributed by atoms with Crippen LogP contribution in [0.4, 0.5) is 0 Å². The van der Waals surface area contributed by atoms with E-state index >= 15 is 0 Å². The van der Waals surface area contributed by atoms with Gasteiger partial charge in [0.1, 0.15) is 5.58 Å². The van der Waals surface area contributed by atoms with Crippen LogP contribution in [-0.2, 0) is 0 Å². The minimum atomic E-state index is -0.547. The van der Waals surface area contributed by atoms with Crippen molar-refractivity contribution in [3.63, 3.8) is 0 Å². The van der Waals surface area contributed by atoms with Gasteiger partial charge < -0.3 is 4.42 Å². The minimum Gasteiger partial charge on any atom is -0.423 e. The van der Waals surface area contributed by atoms with Crippen LogP contribution in [0.5, 0.6) is 0 Å². The van der Waals surface area contributed by atoms with E-state index in [2.05, 4.69) is 0 Å². The maximum Gasteiger partial charge on any atom is 0.336 e. The number of hydrogen-bond acceptors (Lipinski definition) is 3. The van der Waals surface area contributed by atoms with Crippen molar-refractivity contribution in [2.24, 2.45) is 0 Å². The molecular weight excluding hydrogens is 276 g/mol. The number of ketones is 1. The Labute approximate surface area is 119 Å². The van der Waals surface area contributed by atoms with Crippen LogP contribution in [0, 0.1) is 0 Å². The molecule has 1 heterocycles. The van der Waals surface area contributed by atoms with Crippen molar-refractivity contribution in [2.45, 2.75) is 0 Å². The summed E-state index contributed by atoms with van der Waals surface area (Å²) in [5.74, 6) is -0.253. The molecule has 0 fully saturated rings. The fraction of sp³-hybridized carbons (Fsp3) is 0. The Bertz CT molecular complexity index is 865. The van der Waals surface area contributed by atoms with E-state index in [9.17, 15) is 9.59 Å². The molecule has 0 aliphatic rings. The molecule has 0 aliphatic heterocycles. The van der Waals surface area contributed by atoms with E-state index in [0.29, 0.717) is 27.1 Å². The summed E-state index contributed by atoms with van der Waals surface area (Å²) in [6, 6.07) is 14.8. The van der Waals surface area contributed by atoms with Gasteiger partial charge in [0.25, 0.3) is 0 Å². The lowest BCUT2D eigenvalue weighted by Crippen LogP contribution is -2.07. The number of hydrogen-bond donors (Lipinski definition) is 0. The maximum absolute atomic E-state index is 12.5. The predicted octanol–water partition coefficient (Wildman–Crippen LogP) is 3.68. The standard InChI is InChI=1S/C16H9ClO3/c17-11-5-3-4-10(8-11)16(19)13-9-15(18)20-14-7-2-1-6-12(13)14/h1-9H. The third-order valence-electron chi connectivity index (χ3n) is 2.98. The van der Waals surface area contributed by atoms with Crippen molar-refractivity contribution in [1.29, 1.82) is 0 Å². The largest absolute Gasteiger partial charge is 0.423 e. The van der Waals surface area contributed by atoms with Crippen molar-refractivity contribution < 1.29 is 9.21 Å². The SMILES string of the molecule is O=C(c1cccc(Cl)c1)c1cc(=O)oc2ccccc12. The van der Waals surface area contributed by atoms with Crippen molar-refractivity contribution in [2.75, 3.05) is 0 Å². The van der Waals surface area contributed by atoms with E-state index in [-0.39, 0.29) is 5.78 Å². The Balaban J connectivity index is 2.24. The second kappa shape index (κ2) is 4.94. The molecule has 4 heteroatoms. The normalized spacial score (nSPS) is 10.7. The Morgan fingerprint density at radius 2 is 1.80 bits per heavy atom. The molecule has 98 valence electrons. The van der Waals surface area contributed by atoms with Gasteiger partial charge in [-0.05, 0) is 18.2 Å². The van der Waals surface area contributed by atoms with Crippen LogP contribution >= 0.6 is 11.6 Å². The molecule has 20 heavy (non-hydrogen) atoms. The first-order valence-electron chi connectivity index (χ1n) is 5.98. The van der Waals surface area contributed by atoms with Gasteiger partial charge in [-0.15, -0.1) is 0 Å². The van der Waals surface area contributed by atoms with Gasteiger partial charge in [-0.25, -0.2) is 4.79 Å². The van der Waals surface area contributed by atoms with Crippen LogP contribution in [-0.4, -0.2) is 5.78 Å². The number of carbonyl (C=O) groups excluding carboxylic acids is 1. The van der Waals surface area contributed by atoms with Gasteiger partial charge in [-0.2, -0.15) is 0 Å². The first-order chi connectivity index (χ1) is 9.65. The summed E-state index contributed by atoms with van der Waals surface area (Å²) in [6.07, 6.45) is 0. The molecular formula is C16H9ClO3. The Kier molecular flexibility index (Phi) is 3.12. The fourth-order valence-electron chi connectivity index (χ4n) is 2.08. The molecule has 0 radical (unpaired) electrons. The van der Waals surface area contributed by atoms with Gasteiger partial charge in [-0.3, -0.25) is 4.79 Å². The Hall–Kier alpha value is -2.39. The lowest BCUT2D eigenvalue weighted by Gasteiger charge is -2.05. The smallest absolute Gasteiger partial charge is 0.336 e. The van der Waals surface area contributed by atoms with Gasteiger partial charge in [0.05, 0.1) is 0 Å². The molecule has 0 saturated heterocycles. The van der Waals surface area contributed by atoms with Gasteiger partial charge in [0.15, 0.2) is 5.78 Å². The highest BCUT2D eigenvalue weighted by atomic mass is 35.5. The molecule has 3 aromatic rings. The molecule has 3 nitrogen and oxygen atoms in total. The highest BCUT2D eigenvalue weighted by Crippen LogP contribution is 2.21. The molecule has 0 N–H and O–H groups in total. The van der Waals surface area contributed by atoms with E-state index in [1.54, 1.807) is 48.5 Å². The molecule has 1 aromatic heterocycles. The quantitative estimate of drug-likeness (QED) is 0.533. The molecule has 0 unspecified atom stereocenters. The summed E-state index contributed by atoms with van der Waals surface area (Å²) >= 11 is 5.89. The van der Waals surface area contributed by atoms with E-state index in [4.69, 9.17) is 16.0 Å². The zero-order valence-corrected chi connectivity index (χ0v) is 11.1. The van der Waals surface area contributed by atoms with E-state index in [1.165, 1.54) is 6.07 Å². The van der Waals surface area contributed by atoms with Crippen molar-refractivity contribution in [1.82, 2.24) is 0 Å². The molecule has 0 aliphatic carbocycles. The second-order valence-electron chi connectivity index (χ2n) is 4.31. The van der Waals surface area contributed by atoms with E-state index in [1.807, 2.05) is 0 Å². The van der Waals surface area contributed by atoms with Gasteiger partial charge in [-0.1, -0.05) is 41.9 Å². The summed E-state index contributed by atoms with van der Waals surface area (Å²) in [7, 11) is 0. The van der Waals surface area contributed by atoms with E-state index < -0.39 is 5.63 Å². The molecule has 0 amide bonds. The predicted molar refractivity (Wildman–Crippen MR) is 77.4 cm³/mol. The zero-order valence-electron chi connectivity index (χ0n) is 10.3. The highest BCUT2D eigenvalue weighted by Gasteiger charge is 2.15. The van der Waals surface area contributed by atoms with Crippen molar-refractivity contribution in [3.05, 3.63) is 81.2 Å². The van der Waals surface area contributed by atoms with Gasteiger partial charge in [0, 0.05) is 27.6 Å². The number of para-hydroxylation sites is 1. The van der Waals surface area contributed by atoms with Crippen LogP contribution in [0.15, 0.2) is 63.8 Å². The Morgan fingerprint density at radius 1 is 1.00 bits per heavy atom. The molecule has 2 aromatic carbocycles. The maximum atomic E-state index is 12.5. The fourth-order valence-corrected chi connectivity index (χ4v) is 2.27. The molecule has 0 saturated carbocycles. The summed E-state index contributed by atoms with van der Waals surface area (Å²) in [6.45, 7) is 0. The molecule has 3 rings (SSSR count). The second-order valence-corrected chi connectivity index (χ2v) is 4.75. The molecule has 0 spiro atoms. The van der Waals surface area contributed by atoms with Crippen molar-refractivity contribution in [3.8, 4) is 0 Å². The van der Waals surface area contributed by atoms with Crippen LogP contribution in [0.3, 0.4) is 0 Å². The number of benzene rings is 2. The summed E-state index contributed by atoms with van der Waals surface area (Å²) in [4.78, 5) is 24.1. The lowest BCUT2D eigenvalue weighted by atomic mass is 10.0.